The second-order valence-electron chi connectivity index (χ2n) is 6.52. The smallest absolute Gasteiger partial charge is 0.261 e. The first kappa shape index (κ1) is 20.0. The summed E-state index contributed by atoms with van der Waals surface area (Å²) in [5, 5.41) is 6.98. The minimum Gasteiger partial charge on any atom is -0.378 e. The zero-order valence-electron chi connectivity index (χ0n) is 15.0. The Bertz CT molecular complexity index is 760. The van der Waals surface area contributed by atoms with Crippen molar-refractivity contribution in [3.63, 3.8) is 0 Å². The van der Waals surface area contributed by atoms with Crippen LogP contribution in [0.15, 0.2) is 24.5 Å². The summed E-state index contributed by atoms with van der Waals surface area (Å²) in [7, 11) is 0. The highest BCUT2D eigenvalue weighted by molar-refractivity contribution is 7.15. The van der Waals surface area contributed by atoms with Crippen LogP contribution in [-0.2, 0) is 4.74 Å². The number of halogens is 1. The molecule has 2 fully saturated rings. The lowest BCUT2D eigenvalue weighted by atomic mass is 9.97. The molecule has 27 heavy (non-hydrogen) atoms. The van der Waals surface area contributed by atoms with Gasteiger partial charge in [-0.15, -0.1) is 23.7 Å². The molecule has 0 saturated carbocycles. The van der Waals surface area contributed by atoms with Crippen molar-refractivity contribution in [2.24, 2.45) is 0 Å². The molecule has 2 saturated heterocycles. The van der Waals surface area contributed by atoms with Gasteiger partial charge in [0.05, 0.1) is 18.8 Å². The molecule has 2 aliphatic rings. The molecule has 1 amide bonds. The summed E-state index contributed by atoms with van der Waals surface area (Å²) in [6.07, 6.45) is 5.88. The monoisotopic (exact) mass is 409 g/mol. The van der Waals surface area contributed by atoms with Gasteiger partial charge in [-0.1, -0.05) is 0 Å². The van der Waals surface area contributed by atoms with E-state index in [9.17, 15) is 4.79 Å². The minimum atomic E-state index is -0.161. The number of morpholine rings is 1. The van der Waals surface area contributed by atoms with Crippen molar-refractivity contribution in [3.05, 3.63) is 35.0 Å². The van der Waals surface area contributed by atoms with Crippen molar-refractivity contribution in [3.8, 4) is 0 Å². The van der Waals surface area contributed by atoms with Crippen molar-refractivity contribution >= 4 is 40.6 Å². The molecule has 2 aliphatic heterocycles. The molecule has 0 radical (unpaired) electrons. The average molecular weight is 410 g/mol. The van der Waals surface area contributed by atoms with Crippen LogP contribution in [0.2, 0.25) is 0 Å². The number of nitrogens with one attached hydrogen (secondary N) is 2. The fraction of sp³-hybridized carbons (Fsp3) is 0.500. The van der Waals surface area contributed by atoms with E-state index in [4.69, 9.17) is 4.74 Å². The van der Waals surface area contributed by atoms with Crippen LogP contribution in [0.4, 0.5) is 10.9 Å². The Kier molecular flexibility index (Phi) is 7.01. The molecule has 2 aromatic rings. The second kappa shape index (κ2) is 9.45. The first-order valence-electron chi connectivity index (χ1n) is 9.07. The maximum absolute atomic E-state index is 12.8. The van der Waals surface area contributed by atoms with Crippen LogP contribution in [0.3, 0.4) is 0 Å². The molecule has 0 bridgehead atoms. The molecule has 0 aromatic carbocycles. The van der Waals surface area contributed by atoms with Gasteiger partial charge in [0.15, 0.2) is 5.13 Å². The molecule has 2 aromatic heterocycles. The Morgan fingerprint density at radius 3 is 2.81 bits per heavy atom. The Labute approximate surface area is 168 Å². The van der Waals surface area contributed by atoms with Crippen molar-refractivity contribution in [2.45, 2.75) is 18.8 Å². The number of hydrogen-bond donors (Lipinski definition) is 2. The lowest BCUT2D eigenvalue weighted by Gasteiger charge is -2.29. The highest BCUT2D eigenvalue weighted by atomic mass is 35.5. The third-order valence-corrected chi connectivity index (χ3v) is 5.90. The van der Waals surface area contributed by atoms with Crippen molar-refractivity contribution in [1.82, 2.24) is 15.3 Å². The first-order valence-corrected chi connectivity index (χ1v) is 9.88. The van der Waals surface area contributed by atoms with Gasteiger partial charge in [0.25, 0.3) is 5.91 Å². The number of anilines is 2. The number of piperidine rings is 1. The summed E-state index contributed by atoms with van der Waals surface area (Å²) in [4.78, 5) is 25.0. The van der Waals surface area contributed by atoms with Crippen LogP contribution in [0, 0.1) is 0 Å². The van der Waals surface area contributed by atoms with E-state index in [1.165, 1.54) is 4.88 Å². The van der Waals surface area contributed by atoms with Gasteiger partial charge in [-0.2, -0.15) is 0 Å². The maximum atomic E-state index is 12.8. The molecular weight excluding hydrogens is 386 g/mol. The van der Waals surface area contributed by atoms with Gasteiger partial charge in [0.1, 0.15) is 5.82 Å². The molecule has 0 atom stereocenters. The number of thiazole rings is 1. The van der Waals surface area contributed by atoms with Gasteiger partial charge < -0.3 is 15.0 Å². The van der Waals surface area contributed by atoms with E-state index in [0.717, 1.165) is 39.0 Å². The fourth-order valence-electron chi connectivity index (χ4n) is 3.41. The third-order valence-electron chi connectivity index (χ3n) is 4.83. The normalized spacial score (nSPS) is 18.0. The largest absolute Gasteiger partial charge is 0.378 e. The Morgan fingerprint density at radius 1 is 1.26 bits per heavy atom. The highest BCUT2D eigenvalue weighted by Crippen LogP contribution is 2.32. The van der Waals surface area contributed by atoms with Crippen molar-refractivity contribution in [1.29, 1.82) is 0 Å². The van der Waals surface area contributed by atoms with Crippen LogP contribution >= 0.6 is 23.7 Å². The van der Waals surface area contributed by atoms with E-state index in [1.807, 2.05) is 12.3 Å². The van der Waals surface area contributed by atoms with Crippen LogP contribution in [-0.4, -0.2) is 55.3 Å². The predicted octanol–water partition coefficient (Wildman–Crippen LogP) is 2.52. The average Bonchev–Trinajstić information content (AvgIpc) is 3.18. The van der Waals surface area contributed by atoms with Gasteiger partial charge >= 0.3 is 0 Å². The lowest BCUT2D eigenvalue weighted by molar-refractivity contribution is 0.102. The van der Waals surface area contributed by atoms with E-state index < -0.39 is 0 Å². The maximum Gasteiger partial charge on any atom is 0.261 e. The summed E-state index contributed by atoms with van der Waals surface area (Å²) in [6.45, 7) is 4.89. The summed E-state index contributed by atoms with van der Waals surface area (Å²) < 4.78 is 5.39. The summed E-state index contributed by atoms with van der Waals surface area (Å²) in [5.41, 5.74) is 0.577. The zero-order valence-corrected chi connectivity index (χ0v) is 16.7. The molecule has 146 valence electrons. The standard InChI is InChI=1S/C18H23N5O2S.ClH/c24-17(14-2-1-5-20-16(14)23-8-10-25-11-9-23)22-18-21-12-15(26-18)13-3-6-19-7-4-13;/h1-2,5,12-13,19H,3-4,6-11H2,(H,21,22,24);1H. The predicted molar refractivity (Wildman–Crippen MR) is 109 cm³/mol. The van der Waals surface area contributed by atoms with Crippen LogP contribution in [0.1, 0.15) is 34.0 Å². The van der Waals surface area contributed by atoms with Gasteiger partial charge in [0, 0.05) is 30.4 Å². The van der Waals surface area contributed by atoms with Crippen molar-refractivity contribution in [2.75, 3.05) is 49.6 Å². The first-order chi connectivity index (χ1) is 12.8. The zero-order chi connectivity index (χ0) is 17.8. The molecule has 7 nitrogen and oxygen atoms in total. The van der Waals surface area contributed by atoms with E-state index in [-0.39, 0.29) is 18.3 Å². The highest BCUT2D eigenvalue weighted by Gasteiger charge is 2.22. The van der Waals surface area contributed by atoms with Crippen LogP contribution in [0.5, 0.6) is 0 Å². The van der Waals surface area contributed by atoms with Crippen LogP contribution in [0.25, 0.3) is 0 Å². The SMILES string of the molecule is Cl.O=C(Nc1ncc(C2CCNCC2)s1)c1cccnc1N1CCOCC1. The van der Waals surface area contributed by atoms with E-state index >= 15 is 0 Å². The van der Waals surface area contributed by atoms with Gasteiger partial charge in [-0.25, -0.2) is 9.97 Å². The van der Waals surface area contributed by atoms with Gasteiger partial charge in [0.2, 0.25) is 0 Å². The molecule has 9 heteroatoms. The number of rotatable bonds is 4. The molecule has 4 rings (SSSR count). The number of ether oxygens (including phenoxy) is 1. The lowest BCUT2D eigenvalue weighted by Crippen LogP contribution is -2.38. The number of pyridine rings is 1. The third kappa shape index (κ3) is 4.76. The van der Waals surface area contributed by atoms with Crippen LogP contribution < -0.4 is 15.5 Å². The number of aromatic nitrogens is 2. The molecular formula is C18H24ClN5O2S. The van der Waals surface area contributed by atoms with E-state index in [1.54, 1.807) is 23.6 Å². The summed E-state index contributed by atoms with van der Waals surface area (Å²) in [5.74, 6) is 1.09. The number of carbonyl (C=O) groups excluding carboxylic acids is 1. The summed E-state index contributed by atoms with van der Waals surface area (Å²) >= 11 is 1.58. The molecule has 0 unspecified atom stereocenters. The van der Waals surface area contributed by atoms with E-state index in [0.29, 0.717) is 35.6 Å². The summed E-state index contributed by atoms with van der Waals surface area (Å²) in [6, 6.07) is 3.61. The number of nitrogens with zero attached hydrogens (tertiary/aromatic N) is 3. The molecule has 2 N–H and O–H groups in total. The molecule has 0 aliphatic carbocycles. The van der Waals surface area contributed by atoms with Crippen molar-refractivity contribution < 1.29 is 9.53 Å². The topological polar surface area (TPSA) is 79.4 Å². The molecule has 0 spiro atoms. The Morgan fingerprint density at radius 2 is 2.04 bits per heavy atom. The fourth-order valence-corrected chi connectivity index (χ4v) is 4.39. The second-order valence-corrected chi connectivity index (χ2v) is 7.58. The molecule has 4 heterocycles. The van der Waals surface area contributed by atoms with Gasteiger partial charge in [-0.05, 0) is 44.0 Å². The quantitative estimate of drug-likeness (QED) is 0.807. The number of hydrogen-bond acceptors (Lipinski definition) is 7. The number of carbonyl (C=O) groups is 1. The van der Waals surface area contributed by atoms with E-state index in [2.05, 4.69) is 25.5 Å². The number of amides is 1. The van der Waals surface area contributed by atoms with Gasteiger partial charge in [-0.3, -0.25) is 10.1 Å². The minimum absolute atomic E-state index is 0. The Hall–Kier alpha value is -1.74. The Balaban J connectivity index is 0.00000210.